The first-order valence-corrected chi connectivity index (χ1v) is 22.0. The van der Waals surface area contributed by atoms with Crippen molar-refractivity contribution in [2.75, 3.05) is 0 Å². The van der Waals surface area contributed by atoms with Gasteiger partial charge in [0.2, 0.25) is 0 Å². The van der Waals surface area contributed by atoms with E-state index in [1.54, 1.807) is 36.5 Å². The maximum Gasteiger partial charge on any atom is 0.182 e. The zero-order valence-corrected chi connectivity index (χ0v) is 40.4. The molecule has 0 bridgehead atoms. The smallest absolute Gasteiger partial charge is 0.182 e. The Morgan fingerprint density at radius 2 is 1.18 bits per heavy atom. The fourth-order valence-electron chi connectivity index (χ4n) is 7.65. The van der Waals surface area contributed by atoms with Crippen molar-refractivity contribution in [3.8, 4) is 45.3 Å². The van der Waals surface area contributed by atoms with Crippen molar-refractivity contribution in [2.45, 2.75) is 65.7 Å². The van der Waals surface area contributed by atoms with Crippen molar-refractivity contribution in [3.63, 3.8) is 0 Å². The molecule has 2 aliphatic rings. The van der Waals surface area contributed by atoms with Gasteiger partial charge in [-0.2, -0.15) is 0 Å². The number of aromatic nitrogens is 3. The summed E-state index contributed by atoms with van der Waals surface area (Å²) in [5, 5.41) is 1.14. The molecule has 8 aromatic rings. The van der Waals surface area contributed by atoms with Crippen LogP contribution in [0.2, 0.25) is 0 Å². The standard InChI is InChI=1S/C22H18NO2.2C18H17NO.Ir/c1-22(2,3)15-10-11-23-18(13-15)14-8-9-20-17(12-14)21(24)16-6-4-5-7-19(16)25-20;2*1-3-13-9-10-19-17(11-13)14-6-8-18-15(12-14)5-7-16(4-2)20-18;/h4-7,9-13H,1-3H3;2*4,6-12H,2-3,5H2,1H3;/q-1;;;. The molecule has 1 radical (unpaired) electrons. The van der Waals surface area contributed by atoms with E-state index in [4.69, 9.17) is 13.9 Å². The minimum Gasteiger partial charge on any atom is -0.500 e. The van der Waals surface area contributed by atoms with Gasteiger partial charge < -0.3 is 18.9 Å². The van der Waals surface area contributed by atoms with Crippen molar-refractivity contribution >= 4 is 21.9 Å². The van der Waals surface area contributed by atoms with Crippen LogP contribution in [0.3, 0.4) is 0 Å². The Kier molecular flexibility index (Phi) is 14.9. The van der Waals surface area contributed by atoms with Crippen LogP contribution in [0.4, 0.5) is 0 Å². The third kappa shape index (κ3) is 10.7. The average Bonchev–Trinajstić information content (AvgIpc) is 3.36. The summed E-state index contributed by atoms with van der Waals surface area (Å²) in [5.41, 5.74) is 13.2. The second kappa shape index (κ2) is 20.9. The Bertz CT molecular complexity index is 3070. The second-order valence-corrected chi connectivity index (χ2v) is 16.9. The zero-order chi connectivity index (χ0) is 45.5. The molecule has 7 nitrogen and oxygen atoms in total. The molecule has 4 aromatic carbocycles. The average molecular weight is 1050 g/mol. The van der Waals surface area contributed by atoms with Gasteiger partial charge in [0, 0.05) is 49.8 Å². The normalized spacial score (nSPS) is 12.5. The van der Waals surface area contributed by atoms with Crippen molar-refractivity contribution < 1.29 is 34.0 Å². The maximum atomic E-state index is 12.8. The fraction of sp³-hybridized carbons (Fsp3) is 0.172. The van der Waals surface area contributed by atoms with Gasteiger partial charge in [0.05, 0.1) is 22.4 Å². The number of pyridine rings is 3. The third-order valence-corrected chi connectivity index (χ3v) is 11.5. The first kappa shape index (κ1) is 47.0. The number of nitrogens with zero attached hydrogens (tertiary/aromatic N) is 3. The Morgan fingerprint density at radius 1 is 0.636 bits per heavy atom. The van der Waals surface area contributed by atoms with Gasteiger partial charge in [-0.1, -0.05) is 66.0 Å². The molecule has 66 heavy (non-hydrogen) atoms. The van der Waals surface area contributed by atoms with Crippen LogP contribution in [-0.2, 0) is 51.2 Å². The molecule has 0 N–H and O–H groups in total. The number of fused-ring (bicyclic) bond motifs is 4. The summed E-state index contributed by atoms with van der Waals surface area (Å²) in [4.78, 5) is 26.2. The van der Waals surface area contributed by atoms with Crippen LogP contribution >= 0.6 is 0 Å². The van der Waals surface area contributed by atoms with Gasteiger partial charge in [-0.25, -0.2) is 0 Å². The predicted octanol–water partition coefficient (Wildman–Crippen LogP) is 13.7. The van der Waals surface area contributed by atoms with Crippen LogP contribution < -0.4 is 14.9 Å². The number of benzene rings is 4. The zero-order valence-electron chi connectivity index (χ0n) is 38.0. The molecule has 2 aliphatic heterocycles. The summed E-state index contributed by atoms with van der Waals surface area (Å²) in [5.74, 6) is 3.49. The van der Waals surface area contributed by atoms with E-state index in [-0.39, 0.29) is 30.9 Å². The van der Waals surface area contributed by atoms with Crippen molar-refractivity contribution in [1.82, 2.24) is 15.0 Å². The molecule has 0 saturated heterocycles. The first-order chi connectivity index (χ1) is 31.5. The van der Waals surface area contributed by atoms with Crippen molar-refractivity contribution in [2.24, 2.45) is 0 Å². The second-order valence-electron chi connectivity index (χ2n) is 16.9. The Morgan fingerprint density at radius 3 is 1.73 bits per heavy atom. The van der Waals surface area contributed by atoms with E-state index in [1.807, 2.05) is 48.8 Å². The molecule has 0 unspecified atom stereocenters. The van der Waals surface area contributed by atoms with E-state index in [0.717, 1.165) is 82.5 Å². The van der Waals surface area contributed by atoms with Gasteiger partial charge in [-0.15, -0.1) is 23.8 Å². The van der Waals surface area contributed by atoms with E-state index >= 15 is 0 Å². The summed E-state index contributed by atoms with van der Waals surface area (Å²) in [7, 11) is 0. The molecule has 0 saturated carbocycles. The molecular formula is C58H52IrN3O4-. The number of rotatable bonds is 7. The topological polar surface area (TPSA) is 87.3 Å². The van der Waals surface area contributed by atoms with Crippen LogP contribution in [0.5, 0.6) is 11.5 Å². The molecule has 6 heterocycles. The van der Waals surface area contributed by atoms with Gasteiger partial charge in [0.1, 0.15) is 28.6 Å². The first-order valence-electron chi connectivity index (χ1n) is 22.0. The summed E-state index contributed by atoms with van der Waals surface area (Å²) in [6, 6.07) is 39.0. The van der Waals surface area contributed by atoms with E-state index in [1.165, 1.54) is 27.8 Å². The van der Waals surface area contributed by atoms with Gasteiger partial charge in [-0.05, 0) is 173 Å². The SMILES string of the molecule is C=CC1=CCc2cc(-c3cc(CC)ccn3)ccc2O1.C=CC1=CCc2cc(-c3cc(CC)ccn3)ccc2O1.CC(C)(C)c1ccnc(-c2[c-]cc3oc4ccccc4c(=O)c3c2)c1.[Ir]. The summed E-state index contributed by atoms with van der Waals surface area (Å²) < 4.78 is 17.3. The van der Waals surface area contributed by atoms with Crippen molar-refractivity contribution in [3.05, 3.63) is 221 Å². The van der Waals surface area contributed by atoms with Gasteiger partial charge in [0.25, 0.3) is 0 Å². The molecule has 10 rings (SSSR count). The van der Waals surface area contributed by atoms with E-state index < -0.39 is 0 Å². The van der Waals surface area contributed by atoms with Crippen LogP contribution in [-0.4, -0.2) is 15.0 Å². The minimum absolute atomic E-state index is 0. The molecular weight excluding hydrogens is 995 g/mol. The number of para-hydroxylation sites is 1. The predicted molar refractivity (Wildman–Crippen MR) is 264 cm³/mol. The Hall–Kier alpha value is -6.99. The van der Waals surface area contributed by atoms with Gasteiger partial charge in [-0.3, -0.25) is 14.8 Å². The summed E-state index contributed by atoms with van der Waals surface area (Å²) in [6.07, 6.45) is 16.9. The van der Waals surface area contributed by atoms with E-state index in [2.05, 4.69) is 136 Å². The molecule has 0 spiro atoms. The van der Waals surface area contributed by atoms with Crippen LogP contribution in [0.25, 0.3) is 55.7 Å². The summed E-state index contributed by atoms with van der Waals surface area (Å²) >= 11 is 0. The van der Waals surface area contributed by atoms with E-state index in [9.17, 15) is 4.79 Å². The van der Waals surface area contributed by atoms with Crippen LogP contribution in [0, 0.1) is 6.07 Å². The molecule has 0 aliphatic carbocycles. The van der Waals surface area contributed by atoms with Gasteiger partial charge >= 0.3 is 0 Å². The number of hydrogen-bond acceptors (Lipinski definition) is 7. The largest absolute Gasteiger partial charge is 0.500 e. The van der Waals surface area contributed by atoms with Crippen LogP contribution in [0.1, 0.15) is 62.4 Å². The number of ether oxygens (including phenoxy) is 2. The number of hydrogen-bond donors (Lipinski definition) is 0. The maximum absolute atomic E-state index is 12.8. The van der Waals surface area contributed by atoms with E-state index in [0.29, 0.717) is 21.9 Å². The fourth-order valence-corrected chi connectivity index (χ4v) is 7.65. The third-order valence-electron chi connectivity index (χ3n) is 11.5. The summed E-state index contributed by atoms with van der Waals surface area (Å²) in [6.45, 7) is 18.3. The molecule has 8 heteroatoms. The molecule has 0 amide bonds. The number of allylic oxidation sites excluding steroid dienone is 4. The van der Waals surface area contributed by atoms with Crippen molar-refractivity contribution in [1.29, 1.82) is 0 Å². The Balaban J connectivity index is 0.000000148. The molecule has 0 fully saturated rings. The quantitative estimate of drug-likeness (QED) is 0.116. The molecule has 4 aromatic heterocycles. The monoisotopic (exact) mass is 1050 g/mol. The Labute approximate surface area is 400 Å². The van der Waals surface area contributed by atoms with Gasteiger partial charge in [0.15, 0.2) is 5.43 Å². The minimum atomic E-state index is -0.0286. The molecule has 333 valence electrons. The van der Waals surface area contributed by atoms with Crippen LogP contribution in [0.15, 0.2) is 186 Å². The molecule has 0 atom stereocenters. The number of aryl methyl sites for hydroxylation is 2.